The molecule has 4 N–H and O–H groups in total. The van der Waals surface area contributed by atoms with Crippen molar-refractivity contribution in [3.05, 3.63) is 18.2 Å². The van der Waals surface area contributed by atoms with Gasteiger partial charge in [-0.2, -0.15) is 0 Å². The van der Waals surface area contributed by atoms with Gasteiger partial charge in [-0.25, -0.2) is 14.6 Å². The Bertz CT molecular complexity index is 422. The van der Waals surface area contributed by atoms with Gasteiger partial charge in [-0.15, -0.1) is 0 Å². The number of aromatic nitrogens is 2. The van der Waals surface area contributed by atoms with Crippen molar-refractivity contribution in [2.24, 2.45) is 0 Å². The number of carbonyl (C=O) groups is 2. The molecule has 0 fully saturated rings. The van der Waals surface area contributed by atoms with Crippen LogP contribution in [0.4, 0.5) is 4.79 Å². The molecule has 8 nitrogen and oxygen atoms in total. The molecular weight excluding hydrogens is 276 g/mol. The van der Waals surface area contributed by atoms with Crippen molar-refractivity contribution in [3.8, 4) is 0 Å². The second-order valence-corrected chi connectivity index (χ2v) is 4.63. The maximum Gasteiger partial charge on any atom is 0.326 e. The highest BCUT2D eigenvalue weighted by atomic mass is 16.5. The zero-order valence-electron chi connectivity index (χ0n) is 12.1. The third-order valence-corrected chi connectivity index (χ3v) is 2.89. The van der Waals surface area contributed by atoms with E-state index in [1.165, 1.54) is 12.5 Å². The SMILES string of the molecule is COCCCCCNC(=O)NC(Cc1cnc[nH]1)C(=O)O. The Balaban J connectivity index is 2.24. The largest absolute Gasteiger partial charge is 0.480 e. The van der Waals surface area contributed by atoms with Crippen molar-refractivity contribution in [3.63, 3.8) is 0 Å². The highest BCUT2D eigenvalue weighted by molar-refractivity contribution is 5.82. The number of carbonyl (C=O) groups excluding carboxylic acids is 1. The number of carboxylic acid groups (broad SMARTS) is 1. The minimum absolute atomic E-state index is 0.163. The van der Waals surface area contributed by atoms with Gasteiger partial charge in [-0.1, -0.05) is 0 Å². The van der Waals surface area contributed by atoms with E-state index in [9.17, 15) is 9.59 Å². The molecule has 1 rings (SSSR count). The lowest BCUT2D eigenvalue weighted by molar-refractivity contribution is -0.139. The van der Waals surface area contributed by atoms with Crippen molar-refractivity contribution < 1.29 is 19.4 Å². The summed E-state index contributed by atoms with van der Waals surface area (Å²) in [6.45, 7) is 1.21. The normalized spacial score (nSPS) is 11.9. The molecule has 21 heavy (non-hydrogen) atoms. The number of urea groups is 1. The molecule has 8 heteroatoms. The van der Waals surface area contributed by atoms with E-state index in [1.54, 1.807) is 7.11 Å². The number of amides is 2. The maximum atomic E-state index is 11.6. The summed E-state index contributed by atoms with van der Waals surface area (Å²) in [4.78, 5) is 29.4. The number of aromatic amines is 1. The van der Waals surface area contributed by atoms with Crippen molar-refractivity contribution in [1.82, 2.24) is 20.6 Å². The molecule has 2 amide bonds. The molecule has 1 aromatic heterocycles. The van der Waals surface area contributed by atoms with Gasteiger partial charge in [-0.05, 0) is 19.3 Å². The molecule has 0 saturated carbocycles. The van der Waals surface area contributed by atoms with Gasteiger partial charge in [0, 0.05) is 38.6 Å². The van der Waals surface area contributed by atoms with Crippen LogP contribution in [-0.2, 0) is 16.0 Å². The Morgan fingerprint density at radius 3 is 2.86 bits per heavy atom. The topological polar surface area (TPSA) is 116 Å². The van der Waals surface area contributed by atoms with Gasteiger partial charge in [0.1, 0.15) is 6.04 Å². The predicted molar refractivity (Wildman–Crippen MR) is 76.0 cm³/mol. The van der Waals surface area contributed by atoms with Crippen LogP contribution in [0.1, 0.15) is 25.0 Å². The molecular formula is C13H22N4O4. The third-order valence-electron chi connectivity index (χ3n) is 2.89. The quantitative estimate of drug-likeness (QED) is 0.470. The minimum Gasteiger partial charge on any atom is -0.480 e. The minimum atomic E-state index is -1.08. The van der Waals surface area contributed by atoms with Crippen LogP contribution in [0.5, 0.6) is 0 Å². The van der Waals surface area contributed by atoms with Gasteiger partial charge in [-0.3, -0.25) is 0 Å². The Labute approximate surface area is 123 Å². The number of methoxy groups -OCH3 is 1. The number of H-pyrrole nitrogens is 1. The molecule has 0 aliphatic heterocycles. The summed E-state index contributed by atoms with van der Waals surface area (Å²) < 4.78 is 4.93. The summed E-state index contributed by atoms with van der Waals surface area (Å²) in [7, 11) is 1.65. The number of carboxylic acids is 1. The Hall–Kier alpha value is -2.09. The molecule has 1 unspecified atom stereocenters. The summed E-state index contributed by atoms with van der Waals surface area (Å²) in [5.74, 6) is -1.08. The van der Waals surface area contributed by atoms with Crippen LogP contribution in [0, 0.1) is 0 Å². The van der Waals surface area contributed by atoms with Gasteiger partial charge in [0.05, 0.1) is 6.33 Å². The average Bonchev–Trinajstić information content (AvgIpc) is 2.95. The summed E-state index contributed by atoms with van der Waals surface area (Å²) >= 11 is 0. The van der Waals surface area contributed by atoms with E-state index < -0.39 is 18.0 Å². The Kier molecular flexibility index (Phi) is 7.88. The average molecular weight is 298 g/mol. The smallest absolute Gasteiger partial charge is 0.326 e. The molecule has 0 aliphatic rings. The second-order valence-electron chi connectivity index (χ2n) is 4.63. The van der Waals surface area contributed by atoms with Crippen LogP contribution in [0.15, 0.2) is 12.5 Å². The lowest BCUT2D eigenvalue weighted by Gasteiger charge is -2.14. The van der Waals surface area contributed by atoms with Gasteiger partial charge in [0.2, 0.25) is 0 Å². The second kappa shape index (κ2) is 9.76. The zero-order valence-corrected chi connectivity index (χ0v) is 12.1. The fraction of sp³-hybridized carbons (Fsp3) is 0.615. The molecule has 0 aliphatic carbocycles. The van der Waals surface area contributed by atoms with E-state index in [4.69, 9.17) is 9.84 Å². The standard InChI is InChI=1S/C13H22N4O4/c1-21-6-4-2-3-5-15-13(20)17-11(12(18)19)7-10-8-14-9-16-10/h8-9,11H,2-7H2,1H3,(H,14,16)(H,18,19)(H2,15,17,20). The highest BCUT2D eigenvalue weighted by Crippen LogP contribution is 1.99. The molecule has 0 aromatic carbocycles. The Morgan fingerprint density at radius 2 is 2.24 bits per heavy atom. The fourth-order valence-corrected chi connectivity index (χ4v) is 1.78. The van der Waals surface area contributed by atoms with E-state index in [0.29, 0.717) is 18.8 Å². The van der Waals surface area contributed by atoms with E-state index >= 15 is 0 Å². The first-order chi connectivity index (χ1) is 10.1. The van der Waals surface area contributed by atoms with Crippen LogP contribution < -0.4 is 10.6 Å². The number of nitrogens with one attached hydrogen (secondary N) is 3. The van der Waals surface area contributed by atoms with E-state index in [0.717, 1.165) is 19.3 Å². The third kappa shape index (κ3) is 7.31. The van der Waals surface area contributed by atoms with E-state index in [-0.39, 0.29) is 6.42 Å². The molecule has 1 atom stereocenters. The number of nitrogens with zero attached hydrogens (tertiary/aromatic N) is 1. The number of imidazole rings is 1. The van der Waals surface area contributed by atoms with E-state index in [1.807, 2.05) is 0 Å². The number of aliphatic carboxylic acids is 1. The van der Waals surface area contributed by atoms with Crippen LogP contribution in [0.2, 0.25) is 0 Å². The number of rotatable bonds is 10. The highest BCUT2D eigenvalue weighted by Gasteiger charge is 2.20. The molecule has 1 heterocycles. The number of unbranched alkanes of at least 4 members (excludes halogenated alkanes) is 2. The number of ether oxygens (including phenoxy) is 1. The fourth-order valence-electron chi connectivity index (χ4n) is 1.78. The summed E-state index contributed by atoms with van der Waals surface area (Å²) in [5.41, 5.74) is 0.655. The predicted octanol–water partition coefficient (Wildman–Crippen LogP) is 0.521. The molecule has 1 aromatic rings. The summed E-state index contributed by atoms with van der Waals surface area (Å²) in [5, 5.41) is 14.2. The van der Waals surface area contributed by atoms with Crippen LogP contribution >= 0.6 is 0 Å². The van der Waals surface area contributed by atoms with Gasteiger partial charge in [0.15, 0.2) is 0 Å². The monoisotopic (exact) mass is 298 g/mol. The molecule has 118 valence electrons. The maximum absolute atomic E-state index is 11.6. The number of hydrogen-bond donors (Lipinski definition) is 4. The molecule has 0 radical (unpaired) electrons. The van der Waals surface area contributed by atoms with Gasteiger partial charge < -0.3 is 25.5 Å². The first-order valence-corrected chi connectivity index (χ1v) is 6.87. The van der Waals surface area contributed by atoms with Crippen molar-refractivity contribution >= 4 is 12.0 Å². The zero-order chi connectivity index (χ0) is 15.5. The first kappa shape index (κ1) is 17.0. The molecule has 0 spiro atoms. The molecule has 0 saturated heterocycles. The van der Waals surface area contributed by atoms with E-state index in [2.05, 4.69) is 20.6 Å². The van der Waals surface area contributed by atoms with Crippen LogP contribution in [0.3, 0.4) is 0 Å². The number of hydrogen-bond acceptors (Lipinski definition) is 4. The van der Waals surface area contributed by atoms with Gasteiger partial charge >= 0.3 is 12.0 Å². The van der Waals surface area contributed by atoms with Crippen LogP contribution in [0.25, 0.3) is 0 Å². The lowest BCUT2D eigenvalue weighted by Crippen LogP contribution is -2.47. The van der Waals surface area contributed by atoms with Crippen molar-refractivity contribution in [1.29, 1.82) is 0 Å². The molecule has 0 bridgehead atoms. The first-order valence-electron chi connectivity index (χ1n) is 6.87. The Morgan fingerprint density at radius 1 is 1.43 bits per heavy atom. The van der Waals surface area contributed by atoms with Crippen molar-refractivity contribution in [2.45, 2.75) is 31.7 Å². The van der Waals surface area contributed by atoms with Crippen molar-refractivity contribution in [2.75, 3.05) is 20.3 Å². The lowest BCUT2D eigenvalue weighted by atomic mass is 10.2. The van der Waals surface area contributed by atoms with Gasteiger partial charge in [0.25, 0.3) is 0 Å². The summed E-state index contributed by atoms with van der Waals surface area (Å²) in [6, 6.07) is -1.47. The van der Waals surface area contributed by atoms with Crippen LogP contribution in [-0.4, -0.2) is 53.4 Å². The summed E-state index contributed by atoms with van der Waals surface area (Å²) in [6.07, 6.45) is 5.88.